The van der Waals surface area contributed by atoms with Crippen LogP contribution in [0.2, 0.25) is 0 Å². The topological polar surface area (TPSA) is 112 Å². The van der Waals surface area contributed by atoms with Gasteiger partial charge in [0.2, 0.25) is 0 Å². The summed E-state index contributed by atoms with van der Waals surface area (Å²) in [5.74, 6) is 0. The normalized spacial score (nSPS) is 8.29. The second-order valence-electron chi connectivity index (χ2n) is 0.408. The molecule has 0 bridgehead atoms. The maximum Gasteiger partial charge on any atom is 2.00 e. The summed E-state index contributed by atoms with van der Waals surface area (Å²) in [6.45, 7) is 0. The molecule has 0 aromatic rings. The van der Waals surface area contributed by atoms with Crippen LogP contribution in [0, 0.1) is 39.9 Å². The zero-order chi connectivity index (χ0) is 4.50. The Morgan fingerprint density at radius 1 is 1.14 bits per heavy atom. The van der Waals surface area contributed by atoms with E-state index in [-0.39, 0.29) is 45.4 Å². The first-order valence-corrected chi connectivity index (χ1v) is 3.46. The van der Waals surface area contributed by atoms with Gasteiger partial charge in [-0.1, -0.05) is 0 Å². The summed E-state index contributed by atoms with van der Waals surface area (Å²) in [5, 5.41) is 0. The summed E-state index contributed by atoms with van der Waals surface area (Å²) in [6, 6.07) is 0. The molecule has 0 heterocycles. The molecule has 0 amide bonds. The van der Waals surface area contributed by atoms with E-state index in [9.17, 15) is 0 Å². The van der Waals surface area contributed by atoms with Gasteiger partial charge in [0.1, 0.15) is 0 Å². The molecule has 0 saturated heterocycles. The molecule has 0 aliphatic rings. The number of rotatable bonds is 0. The average Bonchev–Trinajstić information content (AvgIpc) is 0.722. The molecule has 0 aromatic carbocycles. The summed E-state index contributed by atoms with van der Waals surface area (Å²) < 4.78 is 34.4. The summed E-state index contributed by atoms with van der Waals surface area (Å²) in [7, 11) is 0. The SMILES string of the molecule is O.O=[Se](=O)([O-])[O-].[Th+2]. The van der Waals surface area contributed by atoms with E-state index < -0.39 is 13.4 Å². The van der Waals surface area contributed by atoms with Gasteiger partial charge in [0.15, 0.2) is 0 Å². The van der Waals surface area contributed by atoms with Gasteiger partial charge in [-0.3, -0.25) is 0 Å². The smallest absolute Gasteiger partial charge is 2.00 e. The molecule has 7 heteroatoms. The Hall–Kier alpha value is 1.32. The second kappa shape index (κ2) is 5.46. The predicted octanol–water partition coefficient (Wildman–Crippen LogP) is -3.82. The van der Waals surface area contributed by atoms with Gasteiger partial charge in [0.05, 0.1) is 0 Å². The van der Waals surface area contributed by atoms with E-state index in [1.807, 2.05) is 0 Å². The third-order valence-corrected chi connectivity index (χ3v) is 0. The number of hydrogen-bond donors (Lipinski definition) is 0. The molecular weight excluding hydrogens is 391 g/mol. The Morgan fingerprint density at radius 2 is 1.14 bits per heavy atom. The van der Waals surface area contributed by atoms with Gasteiger partial charge in [-0.05, 0) is 0 Å². The van der Waals surface area contributed by atoms with Crippen molar-refractivity contribution >= 4 is 13.4 Å². The van der Waals surface area contributed by atoms with E-state index in [4.69, 9.17) is 16.0 Å². The van der Waals surface area contributed by atoms with Crippen LogP contribution < -0.4 is 8.38 Å². The average molecular weight is 393 g/mol. The Morgan fingerprint density at radius 3 is 1.14 bits per heavy atom. The fourth-order valence-electron chi connectivity index (χ4n) is 0. The summed E-state index contributed by atoms with van der Waals surface area (Å²) in [5.41, 5.74) is 0. The van der Waals surface area contributed by atoms with Crippen LogP contribution in [0.3, 0.4) is 0 Å². The second-order valence-corrected chi connectivity index (χ2v) is 2.12. The molecule has 0 atom stereocenters. The minimum Gasteiger partial charge on any atom is 2.00 e. The first kappa shape index (κ1) is 15.8. The zero-order valence-corrected chi connectivity index (χ0v) is 8.86. The van der Waals surface area contributed by atoms with Gasteiger partial charge in [0, 0.05) is 0 Å². The van der Waals surface area contributed by atoms with Gasteiger partial charge < -0.3 is 5.48 Å². The molecule has 42 valence electrons. The van der Waals surface area contributed by atoms with E-state index in [0.717, 1.165) is 0 Å². The summed E-state index contributed by atoms with van der Waals surface area (Å²) in [4.78, 5) is 0. The third-order valence-electron chi connectivity index (χ3n) is 0. The Balaban J connectivity index is -0.0000000800. The van der Waals surface area contributed by atoms with Crippen molar-refractivity contribution < 1.29 is 61.5 Å². The molecule has 5 nitrogen and oxygen atoms in total. The Kier molecular flexibility index (Phi) is 12.3. The fourth-order valence-corrected chi connectivity index (χ4v) is 0. The van der Waals surface area contributed by atoms with E-state index in [2.05, 4.69) is 0 Å². The van der Waals surface area contributed by atoms with Crippen LogP contribution in [0.15, 0.2) is 0 Å². The van der Waals surface area contributed by atoms with Gasteiger partial charge >= 0.3 is 69.4 Å². The molecule has 0 aliphatic carbocycles. The van der Waals surface area contributed by atoms with Gasteiger partial charge in [-0.15, -0.1) is 0 Å². The van der Waals surface area contributed by atoms with E-state index in [1.165, 1.54) is 0 Å². The van der Waals surface area contributed by atoms with Crippen molar-refractivity contribution in [2.24, 2.45) is 0 Å². The van der Waals surface area contributed by atoms with Crippen LogP contribution >= 0.6 is 0 Å². The maximum atomic E-state index is 8.59. The van der Waals surface area contributed by atoms with Crippen LogP contribution in [0.5, 0.6) is 0 Å². The Bertz CT molecular complexity index is 91.2. The summed E-state index contributed by atoms with van der Waals surface area (Å²) >= 11 is -5.75. The molecule has 7 heavy (non-hydrogen) atoms. The van der Waals surface area contributed by atoms with Crippen molar-refractivity contribution in [3.05, 3.63) is 0 Å². The van der Waals surface area contributed by atoms with E-state index in [1.54, 1.807) is 0 Å². The van der Waals surface area contributed by atoms with Crippen LogP contribution in [-0.2, 0) is 7.67 Å². The van der Waals surface area contributed by atoms with Crippen molar-refractivity contribution in [3.8, 4) is 0 Å². The molecule has 2 N–H and O–H groups in total. The van der Waals surface area contributed by atoms with E-state index >= 15 is 0 Å². The van der Waals surface area contributed by atoms with Crippen LogP contribution in [-0.4, -0.2) is 18.8 Å². The molecule has 0 radical (unpaired) electrons. The summed E-state index contributed by atoms with van der Waals surface area (Å²) in [6.07, 6.45) is 0. The molecular formula is H2O5SeTh. The molecule has 0 unspecified atom stereocenters. The molecule has 0 spiro atoms. The first-order chi connectivity index (χ1) is 2.00. The standard InChI is InChI=1S/H2O4Se.H2O.Th/c1-5(2,3)4;;/h(H2,1,2,3,4);1H2;/q;;+2/p-2. The predicted molar refractivity (Wildman–Crippen MR) is 10.7 cm³/mol. The van der Waals surface area contributed by atoms with Crippen LogP contribution in [0.25, 0.3) is 0 Å². The minimum absolute atomic E-state index is 0. The van der Waals surface area contributed by atoms with Crippen LogP contribution in [0.4, 0.5) is 0 Å². The van der Waals surface area contributed by atoms with E-state index in [0.29, 0.717) is 0 Å². The van der Waals surface area contributed by atoms with Gasteiger partial charge in [0.25, 0.3) is 0 Å². The molecule has 0 aliphatic heterocycles. The largest absolute Gasteiger partial charge is 2.00 e. The van der Waals surface area contributed by atoms with Crippen molar-refractivity contribution in [2.45, 2.75) is 0 Å². The maximum absolute atomic E-state index is 8.59. The van der Waals surface area contributed by atoms with Crippen molar-refractivity contribution in [2.75, 3.05) is 0 Å². The van der Waals surface area contributed by atoms with Crippen LogP contribution in [0.1, 0.15) is 0 Å². The monoisotopic (exact) mass is 394 g/mol. The van der Waals surface area contributed by atoms with Gasteiger partial charge in [-0.2, -0.15) is 0 Å². The zero-order valence-electron chi connectivity index (χ0n) is 3.04. The first-order valence-electron chi connectivity index (χ1n) is 0.667. The molecule has 0 saturated carbocycles. The quantitative estimate of drug-likeness (QED) is 0.393. The molecule has 0 aromatic heterocycles. The van der Waals surface area contributed by atoms with Crippen molar-refractivity contribution in [1.29, 1.82) is 0 Å². The van der Waals surface area contributed by atoms with Crippen molar-refractivity contribution in [3.63, 3.8) is 0 Å². The molecule has 0 fully saturated rings. The van der Waals surface area contributed by atoms with Crippen molar-refractivity contribution in [1.82, 2.24) is 0 Å². The fraction of sp³-hybridized carbons (Fsp3) is 0. The molecule has 0 rings (SSSR count). The Labute approximate surface area is 74.0 Å². The third kappa shape index (κ3) is 118. The number of hydrogen-bond acceptors (Lipinski definition) is 4. The minimum atomic E-state index is -5.75. The van der Waals surface area contributed by atoms with Gasteiger partial charge in [-0.25, -0.2) is 0 Å².